The normalized spacial score (nSPS) is 14.8. The first-order chi connectivity index (χ1) is 8.27. The molecule has 2 heteroatoms. The molecule has 2 nitrogen and oxygen atoms in total. The largest absolute Gasteiger partial charge is 0.358 e. The van der Waals surface area contributed by atoms with Crippen LogP contribution in [0.4, 0.5) is 0 Å². The van der Waals surface area contributed by atoms with Gasteiger partial charge in [-0.25, -0.2) is 0 Å². The Hall–Kier alpha value is -1.83. The summed E-state index contributed by atoms with van der Waals surface area (Å²) in [6.07, 6.45) is 2.68. The minimum absolute atomic E-state index is 0.294. The molecule has 1 aliphatic carbocycles. The number of hydrogen-bond acceptors (Lipinski definition) is 1. The molecule has 0 saturated heterocycles. The molecular formula is C15H15NO. The SMILES string of the molecule is Cc1[nH]c(-c2ccccc2)c2c1C(=O)CCC2. The van der Waals surface area contributed by atoms with Crippen LogP contribution < -0.4 is 0 Å². The Labute approximate surface area is 101 Å². The Morgan fingerprint density at radius 1 is 1.12 bits per heavy atom. The van der Waals surface area contributed by atoms with Crippen LogP contribution in [0.5, 0.6) is 0 Å². The van der Waals surface area contributed by atoms with Gasteiger partial charge in [0.05, 0.1) is 0 Å². The lowest BCUT2D eigenvalue weighted by Gasteiger charge is -2.12. The summed E-state index contributed by atoms with van der Waals surface area (Å²) in [6, 6.07) is 10.2. The second kappa shape index (κ2) is 3.88. The third-order valence-corrected chi connectivity index (χ3v) is 3.46. The molecule has 3 rings (SSSR count). The fourth-order valence-electron chi connectivity index (χ4n) is 2.71. The van der Waals surface area contributed by atoms with Crippen molar-refractivity contribution < 1.29 is 4.79 Å². The van der Waals surface area contributed by atoms with Gasteiger partial charge in [-0.1, -0.05) is 30.3 Å². The van der Waals surface area contributed by atoms with Crippen molar-refractivity contribution in [3.8, 4) is 11.3 Å². The number of aryl methyl sites for hydroxylation is 1. The maximum Gasteiger partial charge on any atom is 0.164 e. The molecule has 17 heavy (non-hydrogen) atoms. The van der Waals surface area contributed by atoms with E-state index in [0.717, 1.165) is 29.8 Å². The first-order valence-electron chi connectivity index (χ1n) is 6.07. The predicted molar refractivity (Wildman–Crippen MR) is 68.2 cm³/mol. The number of aromatic nitrogens is 1. The van der Waals surface area contributed by atoms with E-state index in [-0.39, 0.29) is 0 Å². The maximum absolute atomic E-state index is 11.9. The summed E-state index contributed by atoms with van der Waals surface area (Å²) in [5, 5.41) is 0. The van der Waals surface area contributed by atoms with Crippen LogP contribution in [0.25, 0.3) is 11.3 Å². The third kappa shape index (κ3) is 1.60. The van der Waals surface area contributed by atoms with Gasteiger partial charge in [-0.05, 0) is 30.9 Å². The average molecular weight is 225 g/mol. The lowest BCUT2D eigenvalue weighted by Crippen LogP contribution is -2.09. The number of rotatable bonds is 1. The molecule has 1 N–H and O–H groups in total. The number of aromatic amines is 1. The number of benzene rings is 1. The molecule has 0 bridgehead atoms. The molecule has 1 aliphatic rings. The molecule has 1 heterocycles. The number of ketones is 1. The lowest BCUT2D eigenvalue weighted by atomic mass is 9.90. The van der Waals surface area contributed by atoms with E-state index in [1.807, 2.05) is 25.1 Å². The van der Waals surface area contributed by atoms with Gasteiger partial charge >= 0.3 is 0 Å². The van der Waals surface area contributed by atoms with Crippen LogP contribution in [0.3, 0.4) is 0 Å². The van der Waals surface area contributed by atoms with Crippen LogP contribution in [0.15, 0.2) is 30.3 Å². The minimum Gasteiger partial charge on any atom is -0.358 e. The van der Waals surface area contributed by atoms with Crippen LogP contribution in [0, 0.1) is 6.92 Å². The Balaban J connectivity index is 2.20. The van der Waals surface area contributed by atoms with Gasteiger partial charge < -0.3 is 4.98 Å². The molecular weight excluding hydrogens is 210 g/mol. The van der Waals surface area contributed by atoms with Gasteiger partial charge in [0, 0.05) is 23.4 Å². The average Bonchev–Trinajstić information content (AvgIpc) is 2.69. The number of carbonyl (C=O) groups excluding carboxylic acids is 1. The van der Waals surface area contributed by atoms with E-state index in [4.69, 9.17) is 0 Å². The highest BCUT2D eigenvalue weighted by molar-refractivity contribution is 6.01. The van der Waals surface area contributed by atoms with Gasteiger partial charge in [-0.15, -0.1) is 0 Å². The molecule has 2 aromatic rings. The Morgan fingerprint density at radius 3 is 2.65 bits per heavy atom. The quantitative estimate of drug-likeness (QED) is 0.791. The molecule has 0 atom stereocenters. The fraction of sp³-hybridized carbons (Fsp3) is 0.267. The zero-order valence-corrected chi connectivity index (χ0v) is 9.92. The maximum atomic E-state index is 11.9. The summed E-state index contributed by atoms with van der Waals surface area (Å²) in [6.45, 7) is 1.99. The summed E-state index contributed by atoms with van der Waals surface area (Å²) in [5.41, 5.74) is 5.47. The van der Waals surface area contributed by atoms with Crippen molar-refractivity contribution in [3.63, 3.8) is 0 Å². The first kappa shape index (κ1) is 10.3. The van der Waals surface area contributed by atoms with Crippen molar-refractivity contribution in [2.75, 3.05) is 0 Å². The Kier molecular flexibility index (Phi) is 2.36. The minimum atomic E-state index is 0.294. The van der Waals surface area contributed by atoms with Crippen molar-refractivity contribution in [1.82, 2.24) is 4.98 Å². The van der Waals surface area contributed by atoms with E-state index < -0.39 is 0 Å². The molecule has 1 aromatic carbocycles. The number of H-pyrrole nitrogens is 1. The predicted octanol–water partition coefficient (Wildman–Crippen LogP) is 3.51. The van der Waals surface area contributed by atoms with Crippen molar-refractivity contribution in [2.45, 2.75) is 26.2 Å². The van der Waals surface area contributed by atoms with Gasteiger partial charge in [0.1, 0.15) is 0 Å². The standard InChI is InChI=1S/C15H15NO/c1-10-14-12(8-5-9-13(14)17)15(16-10)11-6-3-2-4-7-11/h2-4,6-7,16H,5,8-9H2,1H3. The smallest absolute Gasteiger partial charge is 0.164 e. The molecule has 0 radical (unpaired) electrons. The first-order valence-corrected chi connectivity index (χ1v) is 6.07. The highest BCUT2D eigenvalue weighted by Crippen LogP contribution is 2.33. The highest BCUT2D eigenvalue weighted by Gasteiger charge is 2.24. The van der Waals surface area contributed by atoms with Crippen LogP contribution >= 0.6 is 0 Å². The molecule has 86 valence electrons. The topological polar surface area (TPSA) is 32.9 Å². The number of Topliss-reactive ketones (excluding diaryl/α,β-unsaturated/α-hetero) is 1. The number of nitrogens with one attached hydrogen (secondary N) is 1. The van der Waals surface area contributed by atoms with E-state index >= 15 is 0 Å². The molecule has 1 aromatic heterocycles. The zero-order valence-electron chi connectivity index (χ0n) is 9.92. The van der Waals surface area contributed by atoms with E-state index in [1.54, 1.807) is 0 Å². The molecule has 0 saturated carbocycles. The third-order valence-electron chi connectivity index (χ3n) is 3.46. The Morgan fingerprint density at radius 2 is 1.88 bits per heavy atom. The summed E-state index contributed by atoms with van der Waals surface area (Å²) in [7, 11) is 0. The summed E-state index contributed by atoms with van der Waals surface area (Å²) in [5.74, 6) is 0.294. The molecule has 0 aliphatic heterocycles. The van der Waals surface area contributed by atoms with Gasteiger partial charge in [-0.3, -0.25) is 4.79 Å². The molecule has 0 amide bonds. The highest BCUT2D eigenvalue weighted by atomic mass is 16.1. The van der Waals surface area contributed by atoms with E-state index in [1.165, 1.54) is 11.1 Å². The molecule has 0 unspecified atom stereocenters. The van der Waals surface area contributed by atoms with Gasteiger partial charge in [-0.2, -0.15) is 0 Å². The van der Waals surface area contributed by atoms with E-state index in [0.29, 0.717) is 12.2 Å². The van der Waals surface area contributed by atoms with Gasteiger partial charge in [0.15, 0.2) is 5.78 Å². The summed E-state index contributed by atoms with van der Waals surface area (Å²) in [4.78, 5) is 15.3. The number of carbonyl (C=O) groups is 1. The van der Waals surface area contributed by atoms with Crippen LogP contribution in [-0.2, 0) is 6.42 Å². The second-order valence-electron chi connectivity index (χ2n) is 4.62. The summed E-state index contributed by atoms with van der Waals surface area (Å²) >= 11 is 0. The monoisotopic (exact) mass is 225 g/mol. The van der Waals surface area contributed by atoms with Crippen LogP contribution in [0.2, 0.25) is 0 Å². The molecule has 0 fully saturated rings. The summed E-state index contributed by atoms with van der Waals surface area (Å²) < 4.78 is 0. The van der Waals surface area contributed by atoms with E-state index in [2.05, 4.69) is 17.1 Å². The lowest BCUT2D eigenvalue weighted by molar-refractivity contribution is 0.0972. The van der Waals surface area contributed by atoms with Gasteiger partial charge in [0.2, 0.25) is 0 Å². The van der Waals surface area contributed by atoms with E-state index in [9.17, 15) is 4.79 Å². The zero-order chi connectivity index (χ0) is 11.8. The number of hydrogen-bond donors (Lipinski definition) is 1. The van der Waals surface area contributed by atoms with Crippen LogP contribution in [0.1, 0.15) is 34.5 Å². The van der Waals surface area contributed by atoms with Crippen LogP contribution in [-0.4, -0.2) is 10.8 Å². The van der Waals surface area contributed by atoms with Crippen molar-refractivity contribution in [2.24, 2.45) is 0 Å². The fourth-order valence-corrected chi connectivity index (χ4v) is 2.71. The second-order valence-corrected chi connectivity index (χ2v) is 4.62. The van der Waals surface area contributed by atoms with Crippen molar-refractivity contribution in [3.05, 3.63) is 47.2 Å². The van der Waals surface area contributed by atoms with Crippen molar-refractivity contribution in [1.29, 1.82) is 0 Å². The molecule has 0 spiro atoms. The number of fused-ring (bicyclic) bond motifs is 1. The van der Waals surface area contributed by atoms with Crippen molar-refractivity contribution >= 4 is 5.78 Å². The Bertz CT molecular complexity index is 566. The van der Waals surface area contributed by atoms with Gasteiger partial charge in [0.25, 0.3) is 0 Å².